The van der Waals surface area contributed by atoms with Gasteiger partial charge < -0.3 is 9.84 Å². The van der Waals surface area contributed by atoms with Gasteiger partial charge >= 0.3 is 0 Å². The van der Waals surface area contributed by atoms with Crippen LogP contribution in [0, 0.1) is 11.3 Å². The van der Waals surface area contributed by atoms with E-state index in [0.29, 0.717) is 11.1 Å². The maximum atomic E-state index is 11.8. The lowest BCUT2D eigenvalue weighted by Gasteiger charge is -2.11. The Morgan fingerprint density at radius 1 is 1.47 bits per heavy atom. The van der Waals surface area contributed by atoms with Gasteiger partial charge in [0.2, 0.25) is 10.0 Å². The van der Waals surface area contributed by atoms with Crippen LogP contribution in [0.2, 0.25) is 0 Å². The molecule has 0 saturated carbocycles. The molecule has 2 N–H and O–H groups in total. The highest BCUT2D eigenvalue weighted by Gasteiger charge is 2.15. The van der Waals surface area contributed by atoms with E-state index < -0.39 is 16.1 Å². The molecular formula is C12H16N2O4S. The van der Waals surface area contributed by atoms with Gasteiger partial charge in [-0.1, -0.05) is 18.2 Å². The first-order valence-electron chi connectivity index (χ1n) is 5.61. The Morgan fingerprint density at radius 3 is 2.79 bits per heavy atom. The maximum Gasteiger partial charge on any atom is 0.215 e. The third-order valence-electron chi connectivity index (χ3n) is 2.38. The number of ether oxygens (including phenoxy) is 1. The van der Waals surface area contributed by atoms with E-state index in [1.165, 1.54) is 7.11 Å². The molecule has 0 radical (unpaired) electrons. The topological polar surface area (TPSA) is 99.4 Å². The molecule has 1 aromatic carbocycles. The van der Waals surface area contributed by atoms with Crippen molar-refractivity contribution in [2.24, 2.45) is 0 Å². The van der Waals surface area contributed by atoms with Crippen molar-refractivity contribution in [3.05, 3.63) is 35.4 Å². The zero-order valence-corrected chi connectivity index (χ0v) is 11.4. The molecule has 0 bridgehead atoms. The summed E-state index contributed by atoms with van der Waals surface area (Å²) in [6, 6.07) is 8.43. The predicted molar refractivity (Wildman–Crippen MR) is 69.7 cm³/mol. The molecule has 1 unspecified atom stereocenters. The molecule has 19 heavy (non-hydrogen) atoms. The number of hydrogen-bond acceptors (Lipinski definition) is 5. The zero-order valence-electron chi connectivity index (χ0n) is 10.5. The normalized spacial score (nSPS) is 12.9. The van der Waals surface area contributed by atoms with Crippen molar-refractivity contribution < 1.29 is 18.3 Å². The first kappa shape index (κ1) is 15.6. The van der Waals surface area contributed by atoms with Crippen LogP contribution < -0.4 is 4.72 Å². The fraction of sp³-hybridized carbons (Fsp3) is 0.417. The Kier molecular flexibility index (Phi) is 5.92. The van der Waals surface area contributed by atoms with Crippen molar-refractivity contribution >= 4 is 10.0 Å². The van der Waals surface area contributed by atoms with E-state index in [0.717, 1.165) is 0 Å². The number of aliphatic hydroxyl groups is 1. The summed E-state index contributed by atoms with van der Waals surface area (Å²) < 4.78 is 30.6. The summed E-state index contributed by atoms with van der Waals surface area (Å²) in [5, 5.41) is 18.3. The Labute approximate surface area is 112 Å². The van der Waals surface area contributed by atoms with Crippen molar-refractivity contribution in [3.63, 3.8) is 0 Å². The standard InChI is InChI=1S/C12H16N2O4S/c1-18-8-12(15)7-14-19(16,17)9-11-5-3-2-4-10(11)6-13/h2-5,12,14-15H,7-9H2,1H3. The first-order chi connectivity index (χ1) is 8.98. The molecule has 0 spiro atoms. The minimum atomic E-state index is -3.60. The lowest BCUT2D eigenvalue weighted by Crippen LogP contribution is -2.35. The van der Waals surface area contributed by atoms with E-state index in [1.807, 2.05) is 6.07 Å². The van der Waals surface area contributed by atoms with Gasteiger partial charge in [-0.05, 0) is 11.6 Å². The van der Waals surface area contributed by atoms with Crippen LogP contribution in [-0.4, -0.2) is 39.9 Å². The highest BCUT2D eigenvalue weighted by Crippen LogP contribution is 2.10. The van der Waals surface area contributed by atoms with Crippen LogP contribution in [0.1, 0.15) is 11.1 Å². The molecule has 1 atom stereocenters. The predicted octanol–water partition coefficient (Wildman–Crippen LogP) is -0.0150. The van der Waals surface area contributed by atoms with Crippen LogP contribution in [0.25, 0.3) is 0 Å². The Balaban J connectivity index is 2.67. The summed E-state index contributed by atoms with van der Waals surface area (Å²) in [4.78, 5) is 0. The van der Waals surface area contributed by atoms with Crippen molar-refractivity contribution in [2.75, 3.05) is 20.3 Å². The van der Waals surface area contributed by atoms with Gasteiger partial charge in [-0.2, -0.15) is 5.26 Å². The molecule has 0 amide bonds. The number of sulfonamides is 1. The molecule has 0 fully saturated rings. The van der Waals surface area contributed by atoms with E-state index in [9.17, 15) is 13.5 Å². The van der Waals surface area contributed by atoms with Crippen LogP contribution in [0.15, 0.2) is 24.3 Å². The highest BCUT2D eigenvalue weighted by molar-refractivity contribution is 7.88. The van der Waals surface area contributed by atoms with E-state index in [4.69, 9.17) is 10.00 Å². The summed E-state index contributed by atoms with van der Waals surface area (Å²) in [5.74, 6) is -0.295. The van der Waals surface area contributed by atoms with Gasteiger partial charge in [-0.15, -0.1) is 0 Å². The van der Waals surface area contributed by atoms with Gasteiger partial charge in [0.1, 0.15) is 0 Å². The molecule has 0 saturated heterocycles. The fourth-order valence-electron chi connectivity index (χ4n) is 1.49. The van der Waals surface area contributed by atoms with E-state index in [2.05, 4.69) is 4.72 Å². The molecule has 1 rings (SSSR count). The molecule has 6 nitrogen and oxygen atoms in total. The Hall–Kier alpha value is -1.46. The molecule has 7 heteroatoms. The largest absolute Gasteiger partial charge is 0.389 e. The second-order valence-corrected chi connectivity index (χ2v) is 5.79. The third kappa shape index (κ3) is 5.36. The SMILES string of the molecule is COCC(O)CNS(=O)(=O)Cc1ccccc1C#N. The number of nitrogens with zero attached hydrogens (tertiary/aromatic N) is 1. The van der Waals surface area contributed by atoms with Gasteiger partial charge in [0.15, 0.2) is 0 Å². The van der Waals surface area contributed by atoms with E-state index >= 15 is 0 Å². The summed E-state index contributed by atoms with van der Waals surface area (Å²) in [5.41, 5.74) is 0.754. The number of nitriles is 1. The summed E-state index contributed by atoms with van der Waals surface area (Å²) >= 11 is 0. The number of rotatable bonds is 7. The van der Waals surface area contributed by atoms with Crippen LogP contribution in [0.3, 0.4) is 0 Å². The van der Waals surface area contributed by atoms with Crippen LogP contribution in [0.5, 0.6) is 0 Å². The minimum absolute atomic E-state index is 0.0529. The third-order valence-corrected chi connectivity index (χ3v) is 3.68. The lowest BCUT2D eigenvalue weighted by atomic mass is 10.1. The molecule has 104 valence electrons. The maximum absolute atomic E-state index is 11.8. The minimum Gasteiger partial charge on any atom is -0.389 e. The average molecular weight is 284 g/mol. The van der Waals surface area contributed by atoms with Gasteiger partial charge in [0, 0.05) is 13.7 Å². The lowest BCUT2D eigenvalue weighted by molar-refractivity contribution is 0.0679. The van der Waals surface area contributed by atoms with Crippen molar-refractivity contribution in [3.8, 4) is 6.07 Å². The molecular weight excluding hydrogens is 268 g/mol. The number of hydrogen-bond donors (Lipinski definition) is 2. The summed E-state index contributed by atoms with van der Waals surface area (Å²) in [6.07, 6.45) is -0.897. The summed E-state index contributed by atoms with van der Waals surface area (Å²) in [7, 11) is -2.18. The van der Waals surface area contributed by atoms with Crippen molar-refractivity contribution in [1.82, 2.24) is 4.72 Å². The molecule has 0 aliphatic heterocycles. The second kappa shape index (κ2) is 7.21. The monoisotopic (exact) mass is 284 g/mol. The van der Waals surface area contributed by atoms with Crippen LogP contribution >= 0.6 is 0 Å². The molecule has 0 heterocycles. The molecule has 0 aliphatic carbocycles. The van der Waals surface area contributed by atoms with Gasteiger partial charge in [0.25, 0.3) is 0 Å². The van der Waals surface area contributed by atoms with Crippen LogP contribution in [0.4, 0.5) is 0 Å². The Morgan fingerprint density at radius 2 is 2.16 bits per heavy atom. The van der Waals surface area contributed by atoms with Crippen molar-refractivity contribution in [1.29, 1.82) is 5.26 Å². The van der Waals surface area contributed by atoms with Gasteiger partial charge in [0.05, 0.1) is 30.1 Å². The Bertz CT molecular complexity index is 551. The fourth-order valence-corrected chi connectivity index (χ4v) is 2.70. The number of nitrogens with one attached hydrogen (secondary N) is 1. The van der Waals surface area contributed by atoms with Crippen LogP contribution in [-0.2, 0) is 20.5 Å². The smallest absolute Gasteiger partial charge is 0.215 e. The zero-order chi connectivity index (χ0) is 14.3. The van der Waals surface area contributed by atoms with E-state index in [-0.39, 0.29) is 18.9 Å². The summed E-state index contributed by atoms with van der Waals surface area (Å²) in [6.45, 7) is -0.0673. The van der Waals surface area contributed by atoms with Gasteiger partial charge in [-0.3, -0.25) is 0 Å². The quantitative estimate of drug-likeness (QED) is 0.733. The second-order valence-electron chi connectivity index (χ2n) is 3.99. The van der Waals surface area contributed by atoms with Crippen molar-refractivity contribution in [2.45, 2.75) is 11.9 Å². The average Bonchev–Trinajstić information content (AvgIpc) is 2.37. The number of benzene rings is 1. The van der Waals surface area contributed by atoms with Gasteiger partial charge in [-0.25, -0.2) is 13.1 Å². The molecule has 1 aromatic rings. The highest BCUT2D eigenvalue weighted by atomic mass is 32.2. The first-order valence-corrected chi connectivity index (χ1v) is 7.26. The molecule has 0 aliphatic rings. The molecule has 0 aromatic heterocycles. The number of aliphatic hydroxyl groups excluding tert-OH is 1. The van der Waals surface area contributed by atoms with E-state index in [1.54, 1.807) is 24.3 Å². The number of methoxy groups -OCH3 is 1.